The van der Waals surface area contributed by atoms with Gasteiger partial charge >= 0.3 is 5.97 Å². The summed E-state index contributed by atoms with van der Waals surface area (Å²) in [5.74, 6) is 0.221. The maximum atomic E-state index is 11.5. The van der Waals surface area contributed by atoms with E-state index < -0.39 is 43.0 Å². The summed E-state index contributed by atoms with van der Waals surface area (Å²) in [4.78, 5) is 11.5. The number of aliphatic hydroxyl groups excluding tert-OH is 5. The van der Waals surface area contributed by atoms with Crippen LogP contribution in [0.1, 0.15) is 6.42 Å². The number of methoxy groups -OCH3 is 1. The third kappa shape index (κ3) is 7.41. The highest BCUT2D eigenvalue weighted by atomic mass is 32.2. The molecular formula is C12H25NO7S. The first-order chi connectivity index (χ1) is 9.88. The Morgan fingerprint density at radius 3 is 2.24 bits per heavy atom. The summed E-state index contributed by atoms with van der Waals surface area (Å²) in [6.07, 6.45) is -3.93. The summed E-state index contributed by atoms with van der Waals surface area (Å²) in [6, 6.07) is -0.635. The molecule has 0 amide bonds. The van der Waals surface area contributed by atoms with E-state index in [1.54, 1.807) is 11.8 Å². The predicted octanol–water partition coefficient (Wildman–Crippen LogP) is -2.69. The molecule has 0 bridgehead atoms. The van der Waals surface area contributed by atoms with Crippen molar-refractivity contribution in [1.29, 1.82) is 0 Å². The van der Waals surface area contributed by atoms with E-state index in [1.165, 1.54) is 7.11 Å². The fourth-order valence-electron chi connectivity index (χ4n) is 1.63. The molecule has 126 valence electrons. The van der Waals surface area contributed by atoms with Gasteiger partial charge in [-0.2, -0.15) is 11.8 Å². The lowest BCUT2D eigenvalue weighted by atomic mass is 10.0. The van der Waals surface area contributed by atoms with Crippen LogP contribution in [0.5, 0.6) is 0 Å². The number of carbonyl (C=O) groups excluding carboxylic acids is 1. The molecule has 8 nitrogen and oxygen atoms in total. The van der Waals surface area contributed by atoms with E-state index in [0.717, 1.165) is 0 Å². The molecule has 0 aromatic heterocycles. The van der Waals surface area contributed by atoms with Gasteiger partial charge in [0, 0.05) is 6.54 Å². The monoisotopic (exact) mass is 327 g/mol. The Balaban J connectivity index is 4.40. The molecule has 0 radical (unpaired) electrons. The van der Waals surface area contributed by atoms with Crippen LogP contribution in [-0.2, 0) is 9.53 Å². The summed E-state index contributed by atoms with van der Waals surface area (Å²) >= 11 is 1.55. The SMILES string of the molecule is COC(=O)C(CCSC)NCC(O)C(O)C(O)C(O)CO. The van der Waals surface area contributed by atoms with Crippen molar-refractivity contribution >= 4 is 17.7 Å². The van der Waals surface area contributed by atoms with Crippen molar-refractivity contribution in [2.45, 2.75) is 36.9 Å². The second-order valence-corrected chi connectivity index (χ2v) is 5.55. The highest BCUT2D eigenvalue weighted by Crippen LogP contribution is 2.06. The van der Waals surface area contributed by atoms with Gasteiger partial charge < -0.3 is 35.6 Å². The number of hydrogen-bond donors (Lipinski definition) is 6. The Bertz CT molecular complexity index is 295. The molecule has 0 spiro atoms. The molecule has 6 N–H and O–H groups in total. The zero-order valence-electron chi connectivity index (χ0n) is 12.2. The van der Waals surface area contributed by atoms with Crippen molar-refractivity contribution < 1.29 is 35.1 Å². The number of hydrogen-bond acceptors (Lipinski definition) is 9. The first-order valence-electron chi connectivity index (χ1n) is 6.52. The lowest BCUT2D eigenvalue weighted by Gasteiger charge is -2.27. The van der Waals surface area contributed by atoms with Gasteiger partial charge in [-0.25, -0.2) is 0 Å². The molecule has 0 aliphatic rings. The minimum Gasteiger partial charge on any atom is -0.468 e. The molecule has 0 aromatic carbocycles. The Kier molecular flexibility index (Phi) is 11.0. The molecule has 9 heteroatoms. The molecule has 0 heterocycles. The van der Waals surface area contributed by atoms with Crippen LogP contribution in [0, 0.1) is 0 Å². The van der Waals surface area contributed by atoms with Crippen LogP contribution in [0.3, 0.4) is 0 Å². The Morgan fingerprint density at radius 1 is 1.19 bits per heavy atom. The summed E-state index contributed by atoms with van der Waals surface area (Å²) in [7, 11) is 1.25. The van der Waals surface area contributed by atoms with E-state index in [1.807, 2.05) is 6.26 Å². The number of esters is 1. The molecule has 0 saturated carbocycles. The van der Waals surface area contributed by atoms with Gasteiger partial charge in [-0.15, -0.1) is 0 Å². The normalized spacial score (nSPS) is 18.6. The molecule has 0 aliphatic heterocycles. The zero-order valence-corrected chi connectivity index (χ0v) is 13.0. The van der Waals surface area contributed by atoms with Crippen LogP contribution in [0.15, 0.2) is 0 Å². The summed E-state index contributed by atoms with van der Waals surface area (Å²) in [5.41, 5.74) is 0. The molecule has 0 aromatic rings. The van der Waals surface area contributed by atoms with Crippen LogP contribution < -0.4 is 5.32 Å². The van der Waals surface area contributed by atoms with E-state index in [9.17, 15) is 25.2 Å². The number of thioether (sulfide) groups is 1. The quantitative estimate of drug-likeness (QED) is 0.224. The summed E-state index contributed by atoms with van der Waals surface area (Å²) in [5, 5.41) is 49.5. The molecule has 21 heavy (non-hydrogen) atoms. The Hall–Kier alpha value is -0.420. The Labute approximate surface area is 128 Å². The van der Waals surface area contributed by atoms with E-state index in [-0.39, 0.29) is 6.54 Å². The minimum atomic E-state index is -1.69. The molecule has 0 saturated heterocycles. The first kappa shape index (κ1) is 20.6. The average Bonchev–Trinajstić information content (AvgIpc) is 2.51. The maximum absolute atomic E-state index is 11.5. The number of nitrogens with one attached hydrogen (secondary N) is 1. The van der Waals surface area contributed by atoms with E-state index in [2.05, 4.69) is 10.1 Å². The number of aliphatic hydroxyl groups is 5. The standard InChI is InChI=1S/C12H25NO7S/c1-20-12(19)7(3-4-21-2)13-5-8(15)10(17)11(18)9(16)6-14/h7-11,13-18H,3-6H2,1-2H3. The fourth-order valence-corrected chi connectivity index (χ4v) is 2.10. The van der Waals surface area contributed by atoms with Gasteiger partial charge in [0.05, 0.1) is 19.8 Å². The molecule has 0 aliphatic carbocycles. The van der Waals surface area contributed by atoms with Crippen molar-refractivity contribution in [2.75, 3.05) is 32.3 Å². The third-order valence-corrected chi connectivity index (χ3v) is 3.64. The van der Waals surface area contributed by atoms with Crippen LogP contribution in [0.4, 0.5) is 0 Å². The van der Waals surface area contributed by atoms with Crippen molar-refractivity contribution in [1.82, 2.24) is 5.32 Å². The van der Waals surface area contributed by atoms with Gasteiger partial charge in [-0.1, -0.05) is 0 Å². The number of ether oxygens (including phenoxy) is 1. The number of carbonyl (C=O) groups is 1. The molecule has 5 unspecified atom stereocenters. The molecular weight excluding hydrogens is 302 g/mol. The number of rotatable bonds is 11. The average molecular weight is 327 g/mol. The highest BCUT2D eigenvalue weighted by Gasteiger charge is 2.30. The second kappa shape index (κ2) is 11.2. The van der Waals surface area contributed by atoms with Gasteiger partial charge in [0.25, 0.3) is 0 Å². The molecule has 0 rings (SSSR count). The van der Waals surface area contributed by atoms with Crippen LogP contribution in [0.2, 0.25) is 0 Å². The highest BCUT2D eigenvalue weighted by molar-refractivity contribution is 7.98. The predicted molar refractivity (Wildman–Crippen MR) is 77.9 cm³/mol. The van der Waals surface area contributed by atoms with Crippen LogP contribution in [0.25, 0.3) is 0 Å². The van der Waals surface area contributed by atoms with E-state index in [0.29, 0.717) is 12.2 Å². The second-order valence-electron chi connectivity index (χ2n) is 4.56. The van der Waals surface area contributed by atoms with E-state index >= 15 is 0 Å². The van der Waals surface area contributed by atoms with Crippen molar-refractivity contribution in [2.24, 2.45) is 0 Å². The van der Waals surface area contributed by atoms with Crippen LogP contribution >= 0.6 is 11.8 Å². The topological polar surface area (TPSA) is 139 Å². The summed E-state index contributed by atoms with van der Waals surface area (Å²) in [6.45, 7) is -0.915. The Morgan fingerprint density at radius 2 is 1.76 bits per heavy atom. The lowest BCUT2D eigenvalue weighted by Crippen LogP contribution is -2.51. The first-order valence-corrected chi connectivity index (χ1v) is 7.91. The van der Waals surface area contributed by atoms with Gasteiger partial charge in [0.2, 0.25) is 0 Å². The fraction of sp³-hybridized carbons (Fsp3) is 0.917. The van der Waals surface area contributed by atoms with Crippen molar-refractivity contribution in [3.05, 3.63) is 0 Å². The minimum absolute atomic E-state index is 0.176. The van der Waals surface area contributed by atoms with Crippen molar-refractivity contribution in [3.63, 3.8) is 0 Å². The molecule has 0 fully saturated rings. The van der Waals surface area contributed by atoms with Gasteiger partial charge in [0.15, 0.2) is 0 Å². The van der Waals surface area contributed by atoms with E-state index in [4.69, 9.17) is 5.11 Å². The van der Waals surface area contributed by atoms with Gasteiger partial charge in [-0.05, 0) is 18.4 Å². The maximum Gasteiger partial charge on any atom is 0.322 e. The van der Waals surface area contributed by atoms with Gasteiger partial charge in [0.1, 0.15) is 24.4 Å². The zero-order chi connectivity index (χ0) is 16.4. The smallest absolute Gasteiger partial charge is 0.322 e. The molecule has 5 atom stereocenters. The van der Waals surface area contributed by atoms with Gasteiger partial charge in [-0.3, -0.25) is 4.79 Å². The lowest BCUT2D eigenvalue weighted by molar-refractivity contribution is -0.143. The largest absolute Gasteiger partial charge is 0.468 e. The third-order valence-electron chi connectivity index (χ3n) is 3.00. The van der Waals surface area contributed by atoms with Crippen LogP contribution in [-0.4, -0.2) is 94.2 Å². The van der Waals surface area contributed by atoms with Crippen molar-refractivity contribution in [3.8, 4) is 0 Å². The summed E-state index contributed by atoms with van der Waals surface area (Å²) < 4.78 is 4.63.